The van der Waals surface area contributed by atoms with Crippen LogP contribution < -0.4 is 15.4 Å². The smallest absolute Gasteiger partial charge is 0.274 e. The first-order valence-electron chi connectivity index (χ1n) is 8.18. The highest BCUT2D eigenvalue weighted by molar-refractivity contribution is 6.03. The summed E-state index contributed by atoms with van der Waals surface area (Å²) in [6.45, 7) is 3.79. The van der Waals surface area contributed by atoms with Crippen LogP contribution in [0.4, 0.5) is 17.3 Å². The molecule has 1 aromatic heterocycles. The van der Waals surface area contributed by atoms with E-state index in [-0.39, 0.29) is 5.91 Å². The number of hydrogen-bond acceptors (Lipinski definition) is 5. The summed E-state index contributed by atoms with van der Waals surface area (Å²) >= 11 is 0. The Balaban J connectivity index is 1.81. The zero-order valence-corrected chi connectivity index (χ0v) is 14.9. The monoisotopic (exact) mass is 348 g/mol. The third kappa shape index (κ3) is 4.36. The summed E-state index contributed by atoms with van der Waals surface area (Å²) in [6.07, 6.45) is 0. The predicted octanol–water partition coefficient (Wildman–Crippen LogP) is 4.10. The average molecular weight is 348 g/mol. The van der Waals surface area contributed by atoms with E-state index in [4.69, 9.17) is 4.74 Å². The van der Waals surface area contributed by atoms with Crippen molar-refractivity contribution in [3.63, 3.8) is 0 Å². The van der Waals surface area contributed by atoms with Crippen LogP contribution in [0.2, 0.25) is 0 Å². The molecule has 1 amide bonds. The number of hydrogen-bond donors (Lipinski definition) is 2. The molecule has 0 radical (unpaired) electrons. The van der Waals surface area contributed by atoms with Crippen molar-refractivity contribution in [1.29, 1.82) is 0 Å². The van der Waals surface area contributed by atoms with Gasteiger partial charge in [-0.2, -0.15) is 0 Å². The van der Waals surface area contributed by atoms with Gasteiger partial charge in [0.05, 0.1) is 7.11 Å². The van der Waals surface area contributed by atoms with Crippen molar-refractivity contribution >= 4 is 23.2 Å². The molecule has 3 aromatic rings. The van der Waals surface area contributed by atoms with Crippen molar-refractivity contribution in [3.8, 4) is 5.75 Å². The Hall–Kier alpha value is -3.41. The summed E-state index contributed by atoms with van der Waals surface area (Å²) in [6, 6.07) is 16.7. The summed E-state index contributed by atoms with van der Waals surface area (Å²) in [5, 5.41) is 5.96. The molecule has 2 N–H and O–H groups in total. The number of ether oxygens (including phenoxy) is 1. The van der Waals surface area contributed by atoms with E-state index in [9.17, 15) is 4.79 Å². The highest BCUT2D eigenvalue weighted by Crippen LogP contribution is 2.20. The van der Waals surface area contributed by atoms with Crippen LogP contribution in [0.15, 0.2) is 54.6 Å². The quantitative estimate of drug-likeness (QED) is 0.726. The van der Waals surface area contributed by atoms with Gasteiger partial charge in [0, 0.05) is 23.1 Å². The first kappa shape index (κ1) is 17.4. The van der Waals surface area contributed by atoms with E-state index in [0.29, 0.717) is 17.3 Å². The number of anilines is 3. The van der Waals surface area contributed by atoms with Crippen LogP contribution in [0.5, 0.6) is 5.75 Å². The fourth-order valence-corrected chi connectivity index (χ4v) is 2.49. The van der Waals surface area contributed by atoms with Crippen molar-refractivity contribution in [1.82, 2.24) is 9.97 Å². The van der Waals surface area contributed by atoms with E-state index >= 15 is 0 Å². The molecule has 3 rings (SSSR count). The number of carbonyl (C=O) groups excluding carboxylic acids is 1. The summed E-state index contributed by atoms with van der Waals surface area (Å²) in [5.74, 6) is 0.794. The maximum Gasteiger partial charge on any atom is 0.274 e. The molecule has 0 fully saturated rings. The Kier molecular flexibility index (Phi) is 5.12. The Morgan fingerprint density at radius 2 is 1.73 bits per heavy atom. The SMILES string of the molecule is COc1cccc(Nc2nc(C)cc(C(=O)Nc3cccc(C)c3)n2)c1. The van der Waals surface area contributed by atoms with Gasteiger partial charge in [-0.25, -0.2) is 9.97 Å². The van der Waals surface area contributed by atoms with Gasteiger partial charge in [-0.3, -0.25) is 4.79 Å². The first-order chi connectivity index (χ1) is 12.5. The van der Waals surface area contributed by atoms with Crippen molar-refractivity contribution in [2.24, 2.45) is 0 Å². The molecule has 0 bridgehead atoms. The molecule has 6 heteroatoms. The maximum absolute atomic E-state index is 12.5. The average Bonchev–Trinajstić information content (AvgIpc) is 2.61. The number of carbonyl (C=O) groups is 1. The van der Waals surface area contributed by atoms with Crippen molar-refractivity contribution < 1.29 is 9.53 Å². The van der Waals surface area contributed by atoms with Gasteiger partial charge in [-0.15, -0.1) is 0 Å². The predicted molar refractivity (Wildman–Crippen MR) is 102 cm³/mol. The fourth-order valence-electron chi connectivity index (χ4n) is 2.49. The largest absolute Gasteiger partial charge is 0.497 e. The van der Waals surface area contributed by atoms with Crippen LogP contribution in [0.3, 0.4) is 0 Å². The van der Waals surface area contributed by atoms with Crippen LogP contribution in [0.1, 0.15) is 21.7 Å². The van der Waals surface area contributed by atoms with Gasteiger partial charge in [0.15, 0.2) is 0 Å². The van der Waals surface area contributed by atoms with Gasteiger partial charge in [0.1, 0.15) is 11.4 Å². The molecule has 2 aromatic carbocycles. The lowest BCUT2D eigenvalue weighted by Crippen LogP contribution is -2.15. The summed E-state index contributed by atoms with van der Waals surface area (Å²) < 4.78 is 5.21. The second kappa shape index (κ2) is 7.65. The van der Waals surface area contributed by atoms with Gasteiger partial charge in [-0.05, 0) is 49.7 Å². The number of aromatic nitrogens is 2. The summed E-state index contributed by atoms with van der Waals surface area (Å²) in [4.78, 5) is 21.2. The normalized spacial score (nSPS) is 10.3. The van der Waals surface area contributed by atoms with E-state index in [1.165, 1.54) is 0 Å². The molecule has 0 atom stereocenters. The Labute approximate surface area is 152 Å². The van der Waals surface area contributed by atoms with Crippen LogP contribution in [0, 0.1) is 13.8 Å². The zero-order chi connectivity index (χ0) is 18.5. The third-order valence-corrected chi connectivity index (χ3v) is 3.69. The summed E-state index contributed by atoms with van der Waals surface area (Å²) in [7, 11) is 1.61. The highest BCUT2D eigenvalue weighted by atomic mass is 16.5. The molecule has 0 unspecified atom stereocenters. The third-order valence-electron chi connectivity index (χ3n) is 3.69. The zero-order valence-electron chi connectivity index (χ0n) is 14.9. The fraction of sp³-hybridized carbons (Fsp3) is 0.150. The Morgan fingerprint density at radius 1 is 0.962 bits per heavy atom. The second-order valence-corrected chi connectivity index (χ2v) is 5.90. The first-order valence-corrected chi connectivity index (χ1v) is 8.18. The lowest BCUT2D eigenvalue weighted by Gasteiger charge is -2.10. The number of nitrogens with zero attached hydrogens (tertiary/aromatic N) is 2. The molecule has 0 aliphatic rings. The minimum atomic E-state index is -0.283. The molecule has 0 aliphatic heterocycles. The van der Waals surface area contributed by atoms with Crippen molar-refractivity contribution in [2.75, 3.05) is 17.7 Å². The molecule has 0 saturated carbocycles. The summed E-state index contributed by atoms with van der Waals surface area (Å²) in [5.41, 5.74) is 3.57. The molecular weight excluding hydrogens is 328 g/mol. The molecule has 0 aliphatic carbocycles. The molecule has 1 heterocycles. The molecule has 132 valence electrons. The maximum atomic E-state index is 12.5. The Morgan fingerprint density at radius 3 is 2.50 bits per heavy atom. The number of benzene rings is 2. The van der Waals surface area contributed by atoms with E-state index in [0.717, 1.165) is 22.7 Å². The standard InChI is InChI=1S/C20H20N4O2/c1-13-6-4-7-15(10-13)22-19(25)18-11-14(2)21-20(24-18)23-16-8-5-9-17(12-16)26-3/h4-12H,1-3H3,(H,22,25)(H,21,23,24). The van der Waals surface area contributed by atoms with Gasteiger partial charge in [0.25, 0.3) is 5.91 Å². The molecule has 0 saturated heterocycles. The van der Waals surface area contributed by atoms with Crippen molar-refractivity contribution in [2.45, 2.75) is 13.8 Å². The topological polar surface area (TPSA) is 76.1 Å². The van der Waals surface area contributed by atoms with Crippen LogP contribution in [-0.4, -0.2) is 23.0 Å². The number of methoxy groups -OCH3 is 1. The minimum Gasteiger partial charge on any atom is -0.497 e. The van der Waals surface area contributed by atoms with Crippen LogP contribution >= 0.6 is 0 Å². The number of amides is 1. The second-order valence-electron chi connectivity index (χ2n) is 5.90. The van der Waals surface area contributed by atoms with Gasteiger partial charge in [0.2, 0.25) is 5.95 Å². The Bertz CT molecular complexity index is 941. The van der Waals surface area contributed by atoms with E-state index < -0.39 is 0 Å². The molecule has 0 spiro atoms. The number of nitrogens with one attached hydrogen (secondary N) is 2. The highest BCUT2D eigenvalue weighted by Gasteiger charge is 2.11. The molecular formula is C20H20N4O2. The van der Waals surface area contributed by atoms with Gasteiger partial charge in [-0.1, -0.05) is 18.2 Å². The van der Waals surface area contributed by atoms with E-state index in [1.807, 2.05) is 62.4 Å². The van der Waals surface area contributed by atoms with Crippen molar-refractivity contribution in [3.05, 3.63) is 71.5 Å². The molecule has 26 heavy (non-hydrogen) atoms. The van der Waals surface area contributed by atoms with Gasteiger partial charge >= 0.3 is 0 Å². The van der Waals surface area contributed by atoms with E-state index in [2.05, 4.69) is 20.6 Å². The number of rotatable bonds is 5. The minimum absolute atomic E-state index is 0.283. The van der Waals surface area contributed by atoms with Crippen LogP contribution in [0.25, 0.3) is 0 Å². The molecule has 6 nitrogen and oxygen atoms in total. The van der Waals surface area contributed by atoms with E-state index in [1.54, 1.807) is 13.2 Å². The number of aryl methyl sites for hydroxylation is 2. The lowest BCUT2D eigenvalue weighted by atomic mass is 10.2. The van der Waals surface area contributed by atoms with Crippen LogP contribution in [-0.2, 0) is 0 Å². The lowest BCUT2D eigenvalue weighted by molar-refractivity contribution is 0.102. The van der Waals surface area contributed by atoms with Gasteiger partial charge < -0.3 is 15.4 Å².